The average Bonchev–Trinajstić information content (AvgIpc) is 3.80. The molecule has 5 rings (SSSR count). The van der Waals surface area contributed by atoms with Crippen molar-refractivity contribution in [1.82, 2.24) is 14.9 Å². The first-order chi connectivity index (χ1) is 25.5. The molecule has 3 aromatic carbocycles. The summed E-state index contributed by atoms with van der Waals surface area (Å²) in [6, 6.07) is 23.1. The maximum atomic E-state index is 14.9. The van der Waals surface area contributed by atoms with Crippen molar-refractivity contribution in [2.24, 2.45) is 5.41 Å². The third kappa shape index (κ3) is 9.68. The molecule has 288 valence electrons. The Morgan fingerprint density at radius 3 is 1.94 bits per heavy atom. The fourth-order valence-electron chi connectivity index (χ4n) is 6.05. The van der Waals surface area contributed by atoms with E-state index in [4.69, 9.17) is 4.74 Å². The van der Waals surface area contributed by atoms with Crippen LogP contribution in [0.25, 0.3) is 10.1 Å². The molecule has 2 aromatic heterocycles. The molecule has 54 heavy (non-hydrogen) atoms. The van der Waals surface area contributed by atoms with Crippen molar-refractivity contribution in [3.05, 3.63) is 124 Å². The summed E-state index contributed by atoms with van der Waals surface area (Å²) in [5, 5.41) is 16.0. The van der Waals surface area contributed by atoms with Gasteiger partial charge in [-0.25, -0.2) is 13.2 Å². The van der Waals surface area contributed by atoms with Gasteiger partial charge in [0.2, 0.25) is 5.91 Å². The smallest absolute Gasteiger partial charge is 0.413 e. The second-order valence-corrected chi connectivity index (χ2v) is 18.2. The van der Waals surface area contributed by atoms with Gasteiger partial charge in [-0.2, -0.15) is 17.5 Å². The fraction of sp³-hybridized carbons (Fsp3) is 0.333. The number of nitrogens with one attached hydrogen (secondary N) is 2. The van der Waals surface area contributed by atoms with E-state index in [2.05, 4.69) is 10.6 Å². The van der Waals surface area contributed by atoms with Gasteiger partial charge in [0, 0.05) is 26.9 Å². The zero-order valence-corrected chi connectivity index (χ0v) is 32.5. The van der Waals surface area contributed by atoms with Gasteiger partial charge in [-0.05, 0) is 52.6 Å². The molecule has 5 aromatic rings. The summed E-state index contributed by atoms with van der Waals surface area (Å²) in [7, 11) is -3.15. The zero-order chi connectivity index (χ0) is 39.3. The number of alkyl carbamates (subject to hydrolysis) is 1. The minimum Gasteiger partial charge on any atom is -0.453 e. The number of sulfonamides is 1. The molecular weight excluding hydrogens is 760 g/mol. The van der Waals surface area contributed by atoms with Crippen LogP contribution >= 0.6 is 22.7 Å². The number of hydrogen-bond donors (Lipinski definition) is 3. The Morgan fingerprint density at radius 2 is 1.41 bits per heavy atom. The number of carbonyl (C=O) groups is 2. The number of alkyl halides is 3. The highest BCUT2D eigenvalue weighted by molar-refractivity contribution is 7.91. The van der Waals surface area contributed by atoms with Gasteiger partial charge in [-0.1, -0.05) is 99.6 Å². The summed E-state index contributed by atoms with van der Waals surface area (Å²) in [4.78, 5) is 26.4. The van der Waals surface area contributed by atoms with Crippen molar-refractivity contribution in [2.45, 2.75) is 61.6 Å². The summed E-state index contributed by atoms with van der Waals surface area (Å²) in [5.74, 6) is -2.04. The van der Waals surface area contributed by atoms with Crippen molar-refractivity contribution < 1.29 is 41.0 Å². The summed E-state index contributed by atoms with van der Waals surface area (Å²) in [5.41, 5.74) is 0.804. The van der Waals surface area contributed by atoms with Crippen LogP contribution in [0.2, 0.25) is 0 Å². The molecule has 0 fully saturated rings. The molecule has 0 aliphatic heterocycles. The van der Waals surface area contributed by atoms with Crippen LogP contribution in [-0.4, -0.2) is 62.3 Å². The third-order valence-corrected chi connectivity index (χ3v) is 13.6. The summed E-state index contributed by atoms with van der Waals surface area (Å²) >= 11 is 1.72. The van der Waals surface area contributed by atoms with Crippen LogP contribution in [0.5, 0.6) is 0 Å². The predicted molar refractivity (Wildman–Crippen MR) is 205 cm³/mol. The molecule has 0 bridgehead atoms. The second-order valence-electron chi connectivity index (χ2n) is 13.9. The lowest BCUT2D eigenvalue weighted by Gasteiger charge is -2.31. The van der Waals surface area contributed by atoms with Crippen molar-refractivity contribution in [1.29, 1.82) is 0 Å². The van der Waals surface area contributed by atoms with Crippen molar-refractivity contribution in [3.8, 4) is 0 Å². The average molecular weight is 802 g/mol. The Hall–Kier alpha value is -4.28. The normalized spacial score (nSPS) is 14.2. The summed E-state index contributed by atoms with van der Waals surface area (Å²) in [6.45, 7) is 5.09. The Kier molecular flexibility index (Phi) is 12.9. The highest BCUT2D eigenvalue weighted by Crippen LogP contribution is 2.42. The van der Waals surface area contributed by atoms with Gasteiger partial charge in [0.15, 0.2) is 6.04 Å². The number of methoxy groups -OCH3 is 1. The standard InChI is InChI=1S/C39H42F3N3O6S3/c1-38(2,3)21-22-45(54(49,50)32-23-27-17-11-12-18-29(27)53-32)28(24-46)30-19-20-31(52-30)35(39(40,41)42)44-36(47)34(43-37(48)51-4)33(25-13-7-5-8-14-25)26-15-9-6-10-16-26/h5-20,23,28,33-35,46H,21-22,24H2,1-4H3,(H,43,48)(H,44,47)/t28-,34+,35-/m1/s1. The van der Waals surface area contributed by atoms with Crippen molar-refractivity contribution in [2.75, 3.05) is 20.3 Å². The summed E-state index contributed by atoms with van der Waals surface area (Å²) in [6.07, 6.45) is -5.63. The maximum Gasteiger partial charge on any atom is 0.413 e. The largest absolute Gasteiger partial charge is 0.453 e. The van der Waals surface area contributed by atoms with Gasteiger partial charge in [-0.3, -0.25) is 4.79 Å². The second kappa shape index (κ2) is 17.0. The fourth-order valence-corrected chi connectivity index (χ4v) is 10.4. The van der Waals surface area contributed by atoms with Gasteiger partial charge in [0.05, 0.1) is 19.8 Å². The van der Waals surface area contributed by atoms with E-state index in [1.165, 1.54) is 12.1 Å². The van der Waals surface area contributed by atoms with Crippen LogP contribution in [0.4, 0.5) is 18.0 Å². The topological polar surface area (TPSA) is 125 Å². The van der Waals surface area contributed by atoms with Crippen molar-refractivity contribution in [3.63, 3.8) is 0 Å². The number of hydrogen-bond acceptors (Lipinski definition) is 8. The van der Waals surface area contributed by atoms with E-state index in [1.54, 1.807) is 91.0 Å². The van der Waals surface area contributed by atoms with Crippen LogP contribution in [0.15, 0.2) is 107 Å². The first-order valence-corrected chi connectivity index (χ1v) is 20.1. The third-order valence-electron chi connectivity index (χ3n) is 8.84. The molecule has 0 saturated heterocycles. The number of carbonyl (C=O) groups excluding carboxylic acids is 2. The lowest BCUT2D eigenvalue weighted by Crippen LogP contribution is -2.52. The Morgan fingerprint density at radius 1 is 0.833 bits per heavy atom. The molecule has 0 spiro atoms. The van der Waals surface area contributed by atoms with E-state index in [0.29, 0.717) is 28.9 Å². The number of ether oxygens (including phenoxy) is 1. The Bertz CT molecular complexity index is 2060. The van der Waals surface area contributed by atoms with E-state index in [1.807, 2.05) is 20.8 Å². The number of amides is 2. The minimum atomic E-state index is -5.01. The molecule has 9 nitrogen and oxygen atoms in total. The number of thiophene rings is 2. The molecule has 3 N–H and O–H groups in total. The molecule has 0 unspecified atom stereocenters. The molecule has 2 amide bonds. The van der Waals surface area contributed by atoms with Gasteiger partial charge < -0.3 is 20.5 Å². The van der Waals surface area contributed by atoms with Gasteiger partial charge in [-0.15, -0.1) is 22.7 Å². The number of benzene rings is 3. The molecule has 0 aliphatic carbocycles. The highest BCUT2D eigenvalue weighted by Gasteiger charge is 2.46. The number of aliphatic hydroxyl groups is 1. The van der Waals surface area contributed by atoms with E-state index >= 15 is 0 Å². The molecule has 3 atom stereocenters. The van der Waals surface area contributed by atoms with E-state index in [9.17, 15) is 36.3 Å². The van der Waals surface area contributed by atoms with Crippen LogP contribution in [0.1, 0.15) is 66.1 Å². The lowest BCUT2D eigenvalue weighted by atomic mass is 9.84. The van der Waals surface area contributed by atoms with E-state index in [-0.39, 0.29) is 25.9 Å². The highest BCUT2D eigenvalue weighted by atomic mass is 32.2. The van der Waals surface area contributed by atoms with Crippen LogP contribution in [0.3, 0.4) is 0 Å². The molecule has 0 radical (unpaired) electrons. The Balaban J connectivity index is 1.52. The molecular formula is C39H42F3N3O6S3. The number of halogens is 3. The van der Waals surface area contributed by atoms with E-state index < -0.39 is 58.9 Å². The molecule has 0 saturated carbocycles. The maximum absolute atomic E-state index is 14.9. The van der Waals surface area contributed by atoms with Crippen LogP contribution < -0.4 is 10.6 Å². The zero-order valence-electron chi connectivity index (χ0n) is 30.0. The first-order valence-electron chi connectivity index (χ1n) is 17.1. The number of nitrogens with zero attached hydrogens (tertiary/aromatic N) is 1. The van der Waals surface area contributed by atoms with Crippen LogP contribution in [0, 0.1) is 5.41 Å². The van der Waals surface area contributed by atoms with Gasteiger partial charge in [0.25, 0.3) is 10.0 Å². The Labute approximate surface area is 320 Å². The molecule has 15 heteroatoms. The lowest BCUT2D eigenvalue weighted by molar-refractivity contribution is -0.163. The number of aliphatic hydroxyl groups excluding tert-OH is 1. The van der Waals surface area contributed by atoms with Gasteiger partial charge >= 0.3 is 12.3 Å². The summed E-state index contributed by atoms with van der Waals surface area (Å²) < 4.78 is 80.1. The minimum absolute atomic E-state index is 0.0147. The SMILES string of the molecule is COC(=O)N[C@H](C(=O)N[C@H](c1ccc([C@@H](CO)N(CCC(C)(C)C)S(=O)(=O)c2cc3ccccc3s2)s1)C(F)(F)F)C(c1ccccc1)c1ccccc1. The number of rotatable bonds is 14. The molecule has 0 aliphatic rings. The monoisotopic (exact) mass is 801 g/mol. The first kappa shape index (κ1) is 40.9. The van der Waals surface area contributed by atoms with E-state index in [0.717, 1.165) is 32.8 Å². The predicted octanol–water partition coefficient (Wildman–Crippen LogP) is 8.40. The van der Waals surface area contributed by atoms with Crippen molar-refractivity contribution >= 4 is 54.8 Å². The van der Waals surface area contributed by atoms with Gasteiger partial charge in [0.1, 0.15) is 10.3 Å². The van der Waals surface area contributed by atoms with Crippen LogP contribution in [-0.2, 0) is 19.6 Å². The number of fused-ring (bicyclic) bond motifs is 1. The molecule has 2 heterocycles. The quantitative estimate of drug-likeness (QED) is 0.104.